The van der Waals surface area contributed by atoms with Gasteiger partial charge in [-0.15, -0.1) is 0 Å². The summed E-state index contributed by atoms with van der Waals surface area (Å²) in [4.78, 5) is 0. The number of hydrogen-bond acceptors (Lipinski definition) is 2. The maximum Gasteiger partial charge on any atom is 0.456 e. The number of aliphatic hydroxyl groups excluding tert-OH is 2. The van der Waals surface area contributed by atoms with E-state index in [-0.39, 0.29) is 0 Å². The lowest BCUT2D eigenvalue weighted by atomic mass is 10.0. The highest BCUT2D eigenvalue weighted by atomic mass is 19.4. The largest absolute Gasteiger partial charge is 0.456 e. The van der Waals surface area contributed by atoms with E-state index >= 15 is 0 Å². The summed E-state index contributed by atoms with van der Waals surface area (Å²) in [7, 11) is 0. The fraction of sp³-hybridized carbons (Fsp3) is 1.00. The zero-order valence-electron chi connectivity index (χ0n) is 8.54. The van der Waals surface area contributed by atoms with Crippen LogP contribution in [-0.2, 0) is 0 Å². The molecule has 2 N–H and O–H groups in total. The average molecular weight is 312 g/mol. The summed E-state index contributed by atoms with van der Waals surface area (Å²) < 4.78 is 119. The molecule has 0 aliphatic carbocycles. The van der Waals surface area contributed by atoms with Crippen LogP contribution in [0.3, 0.4) is 0 Å². The van der Waals surface area contributed by atoms with Crippen LogP contribution in [0.25, 0.3) is 0 Å². The number of aliphatic hydroxyl groups is 2. The molecule has 0 heterocycles. The molecular formula is C7H6F10O2. The summed E-state index contributed by atoms with van der Waals surface area (Å²) >= 11 is 0. The third kappa shape index (κ3) is 3.61. The Labute approximate surface area is 98.2 Å². The smallest absolute Gasteiger partial charge is 0.386 e. The Balaban J connectivity index is 4.99. The molecule has 0 aromatic carbocycles. The van der Waals surface area contributed by atoms with Gasteiger partial charge < -0.3 is 10.2 Å². The van der Waals surface area contributed by atoms with Gasteiger partial charge in [0.1, 0.15) is 12.2 Å². The van der Waals surface area contributed by atoms with Gasteiger partial charge in [-0.05, 0) is 0 Å². The third-order valence-electron chi connectivity index (χ3n) is 2.04. The summed E-state index contributed by atoms with van der Waals surface area (Å²) in [6.07, 6.45) is -23.1. The van der Waals surface area contributed by atoms with Crippen LogP contribution in [0.2, 0.25) is 0 Å². The van der Waals surface area contributed by atoms with Crippen molar-refractivity contribution in [2.45, 2.75) is 42.8 Å². The predicted octanol–water partition coefficient (Wildman–Crippen LogP) is 2.49. The van der Waals surface area contributed by atoms with E-state index in [4.69, 9.17) is 10.2 Å². The minimum atomic E-state index is -6.36. The first-order valence-electron chi connectivity index (χ1n) is 4.30. The van der Waals surface area contributed by atoms with Crippen LogP contribution in [0.4, 0.5) is 43.9 Å². The fourth-order valence-electron chi connectivity index (χ4n) is 0.885. The van der Waals surface area contributed by atoms with Gasteiger partial charge in [-0.1, -0.05) is 0 Å². The van der Waals surface area contributed by atoms with Crippen LogP contribution >= 0.6 is 0 Å². The Kier molecular flexibility index (Phi) is 4.76. The van der Waals surface area contributed by atoms with Crippen molar-refractivity contribution in [2.24, 2.45) is 0 Å². The van der Waals surface area contributed by atoms with E-state index in [0.29, 0.717) is 0 Å². The second-order valence-electron chi connectivity index (χ2n) is 3.51. The van der Waals surface area contributed by atoms with Crippen LogP contribution in [0.5, 0.6) is 0 Å². The first-order chi connectivity index (χ1) is 8.05. The van der Waals surface area contributed by atoms with Crippen molar-refractivity contribution >= 4 is 0 Å². The van der Waals surface area contributed by atoms with Crippen LogP contribution in [0.1, 0.15) is 6.42 Å². The summed E-state index contributed by atoms with van der Waals surface area (Å²) in [6.45, 7) is 0. The SMILES string of the molecule is OC(CC(O)C(F)(F)C(F)(F)F)C(F)(F)C(F)(F)F. The van der Waals surface area contributed by atoms with E-state index in [9.17, 15) is 43.9 Å². The summed E-state index contributed by atoms with van der Waals surface area (Å²) in [5, 5.41) is 16.8. The van der Waals surface area contributed by atoms with E-state index in [1.807, 2.05) is 0 Å². The molecule has 0 radical (unpaired) electrons. The van der Waals surface area contributed by atoms with Gasteiger partial charge in [0, 0.05) is 6.42 Å². The van der Waals surface area contributed by atoms with Gasteiger partial charge in [-0.2, -0.15) is 43.9 Å². The van der Waals surface area contributed by atoms with E-state index in [1.54, 1.807) is 0 Å². The highest BCUT2D eigenvalue weighted by Gasteiger charge is 2.66. The topological polar surface area (TPSA) is 40.5 Å². The molecule has 0 saturated carbocycles. The standard InChI is InChI=1S/C7H6F10O2/c8-4(9,6(12,13)14)2(18)1-3(19)5(10,11)7(15,16)17/h2-3,18-19H,1H2. The van der Waals surface area contributed by atoms with E-state index in [0.717, 1.165) is 0 Å². The number of rotatable bonds is 4. The van der Waals surface area contributed by atoms with Gasteiger partial charge in [0.05, 0.1) is 0 Å². The van der Waals surface area contributed by atoms with Crippen molar-refractivity contribution in [3.05, 3.63) is 0 Å². The first-order valence-corrected chi connectivity index (χ1v) is 4.30. The molecule has 0 aromatic rings. The van der Waals surface area contributed by atoms with E-state index in [2.05, 4.69) is 0 Å². The molecule has 19 heavy (non-hydrogen) atoms. The Morgan fingerprint density at radius 1 is 0.579 bits per heavy atom. The second kappa shape index (κ2) is 4.96. The molecule has 0 saturated heterocycles. The molecule has 0 fully saturated rings. The minimum absolute atomic E-state index is 2.51. The van der Waals surface area contributed by atoms with Crippen molar-refractivity contribution in [1.82, 2.24) is 0 Å². The molecule has 0 bridgehead atoms. The van der Waals surface area contributed by atoms with Gasteiger partial charge in [-0.25, -0.2) is 0 Å². The highest BCUT2D eigenvalue weighted by Crippen LogP contribution is 2.43. The zero-order chi connectivity index (χ0) is 15.9. The first kappa shape index (κ1) is 18.2. The van der Waals surface area contributed by atoms with Gasteiger partial charge in [0.15, 0.2) is 0 Å². The normalized spacial score (nSPS) is 18.3. The Hall–Kier alpha value is -0.780. The van der Waals surface area contributed by atoms with Gasteiger partial charge in [-0.3, -0.25) is 0 Å². The van der Waals surface area contributed by atoms with Crippen molar-refractivity contribution in [3.63, 3.8) is 0 Å². The van der Waals surface area contributed by atoms with Crippen molar-refractivity contribution in [2.75, 3.05) is 0 Å². The maximum atomic E-state index is 12.4. The van der Waals surface area contributed by atoms with Crippen LogP contribution in [0.15, 0.2) is 0 Å². The molecule has 2 atom stereocenters. The molecule has 0 amide bonds. The van der Waals surface area contributed by atoms with Crippen LogP contribution < -0.4 is 0 Å². The van der Waals surface area contributed by atoms with Crippen molar-refractivity contribution < 1.29 is 54.1 Å². The molecule has 116 valence electrons. The van der Waals surface area contributed by atoms with Gasteiger partial charge >= 0.3 is 24.2 Å². The monoisotopic (exact) mass is 312 g/mol. The summed E-state index contributed by atoms with van der Waals surface area (Å²) in [5.74, 6) is -11.9. The molecule has 0 rings (SSSR count). The number of halogens is 10. The minimum Gasteiger partial charge on any atom is -0.386 e. The lowest BCUT2D eigenvalue weighted by Crippen LogP contribution is -2.53. The molecule has 0 aliphatic heterocycles. The van der Waals surface area contributed by atoms with E-state index < -0.39 is 42.8 Å². The zero-order valence-corrected chi connectivity index (χ0v) is 8.54. The number of alkyl halides is 10. The molecule has 2 unspecified atom stereocenters. The van der Waals surface area contributed by atoms with Crippen LogP contribution in [0, 0.1) is 0 Å². The lowest BCUT2D eigenvalue weighted by Gasteiger charge is -2.29. The molecular weight excluding hydrogens is 306 g/mol. The molecule has 0 aromatic heterocycles. The average Bonchev–Trinajstić information content (AvgIpc) is 2.13. The molecule has 0 aliphatic rings. The van der Waals surface area contributed by atoms with Gasteiger partial charge in [0.2, 0.25) is 0 Å². The van der Waals surface area contributed by atoms with Crippen molar-refractivity contribution in [1.29, 1.82) is 0 Å². The van der Waals surface area contributed by atoms with Crippen LogP contribution in [-0.4, -0.2) is 46.6 Å². The second-order valence-corrected chi connectivity index (χ2v) is 3.51. The maximum absolute atomic E-state index is 12.4. The third-order valence-corrected chi connectivity index (χ3v) is 2.04. The number of hydrogen-bond donors (Lipinski definition) is 2. The van der Waals surface area contributed by atoms with E-state index in [1.165, 1.54) is 0 Å². The molecule has 12 heteroatoms. The molecule has 0 spiro atoms. The summed E-state index contributed by atoms with van der Waals surface area (Å²) in [5.41, 5.74) is 0. The fourth-order valence-corrected chi connectivity index (χ4v) is 0.885. The summed E-state index contributed by atoms with van der Waals surface area (Å²) in [6, 6.07) is 0. The highest BCUT2D eigenvalue weighted by molar-refractivity contribution is 4.91. The predicted molar refractivity (Wildman–Crippen MR) is 38.6 cm³/mol. The molecule has 2 nitrogen and oxygen atoms in total. The van der Waals surface area contributed by atoms with Crippen molar-refractivity contribution in [3.8, 4) is 0 Å². The Morgan fingerprint density at radius 2 is 0.789 bits per heavy atom. The van der Waals surface area contributed by atoms with Gasteiger partial charge in [0.25, 0.3) is 0 Å². The Morgan fingerprint density at radius 3 is 0.947 bits per heavy atom. The lowest BCUT2D eigenvalue weighted by molar-refractivity contribution is -0.334. The Bertz CT molecular complexity index is 276. The quantitative estimate of drug-likeness (QED) is 0.783.